The molecule has 0 aliphatic carbocycles. The van der Waals surface area contributed by atoms with Crippen molar-refractivity contribution in [1.29, 1.82) is 0 Å². The molecule has 1 aromatic carbocycles. The molecule has 0 unspecified atom stereocenters. The zero-order valence-corrected chi connectivity index (χ0v) is 9.78. The molecule has 0 fully saturated rings. The Morgan fingerprint density at radius 2 is 2.28 bits per heavy atom. The molecular weight excluding hydrogens is 263 g/mol. The number of halogens is 2. The second kappa shape index (κ2) is 5.10. The van der Waals surface area contributed by atoms with Crippen LogP contribution in [0.15, 0.2) is 34.9 Å². The van der Waals surface area contributed by atoms with E-state index in [2.05, 4.69) is 0 Å². The molecule has 4 nitrogen and oxygen atoms in total. The van der Waals surface area contributed by atoms with E-state index in [1.807, 2.05) is 0 Å². The first-order valence-corrected chi connectivity index (χ1v) is 5.33. The molecular formula is C12H8ClFO4. The van der Waals surface area contributed by atoms with Crippen molar-refractivity contribution >= 4 is 17.6 Å². The number of hydrogen-bond acceptors (Lipinski definition) is 3. The molecule has 0 saturated carbocycles. The van der Waals surface area contributed by atoms with Crippen molar-refractivity contribution in [1.82, 2.24) is 0 Å². The Balaban J connectivity index is 2.07. The maximum Gasteiger partial charge on any atom is 0.338 e. The molecule has 94 valence electrons. The van der Waals surface area contributed by atoms with Gasteiger partial charge in [-0.05, 0) is 18.2 Å². The number of carbonyl (C=O) groups is 1. The summed E-state index contributed by atoms with van der Waals surface area (Å²) in [6, 6.07) is 5.68. The number of carboxylic acid groups (broad SMARTS) is 1. The Labute approximate surface area is 107 Å². The summed E-state index contributed by atoms with van der Waals surface area (Å²) >= 11 is 5.59. The molecule has 0 bridgehead atoms. The van der Waals surface area contributed by atoms with Gasteiger partial charge in [-0.25, -0.2) is 9.18 Å². The van der Waals surface area contributed by atoms with Gasteiger partial charge in [-0.1, -0.05) is 17.7 Å². The summed E-state index contributed by atoms with van der Waals surface area (Å²) in [5, 5.41) is 8.64. The lowest BCUT2D eigenvalue weighted by Crippen LogP contribution is -1.97. The van der Waals surface area contributed by atoms with Crippen LogP contribution in [0.4, 0.5) is 4.39 Å². The first-order valence-electron chi connectivity index (χ1n) is 4.95. The maximum atomic E-state index is 13.5. The predicted octanol–water partition coefficient (Wildman–Crippen LogP) is 3.35. The largest absolute Gasteiger partial charge is 0.483 e. The number of benzene rings is 1. The van der Waals surface area contributed by atoms with Crippen LogP contribution < -0.4 is 4.74 Å². The van der Waals surface area contributed by atoms with E-state index >= 15 is 0 Å². The zero-order chi connectivity index (χ0) is 13.1. The highest BCUT2D eigenvalue weighted by atomic mass is 35.5. The minimum Gasteiger partial charge on any atom is -0.483 e. The van der Waals surface area contributed by atoms with E-state index in [1.54, 1.807) is 6.07 Å². The third kappa shape index (κ3) is 2.62. The van der Waals surface area contributed by atoms with E-state index in [4.69, 9.17) is 25.9 Å². The van der Waals surface area contributed by atoms with Crippen molar-refractivity contribution in [3.8, 4) is 5.75 Å². The van der Waals surface area contributed by atoms with Crippen LogP contribution >= 0.6 is 11.6 Å². The SMILES string of the molecule is O=C(O)c1coc(COc2cccc(Cl)c2F)c1. The van der Waals surface area contributed by atoms with Crippen LogP contribution in [0.1, 0.15) is 16.1 Å². The fourth-order valence-corrected chi connectivity index (χ4v) is 1.48. The van der Waals surface area contributed by atoms with Gasteiger partial charge in [0.1, 0.15) is 18.6 Å². The molecule has 18 heavy (non-hydrogen) atoms. The third-order valence-corrected chi connectivity index (χ3v) is 2.48. The molecule has 0 radical (unpaired) electrons. The smallest absolute Gasteiger partial charge is 0.338 e. The molecule has 1 aromatic heterocycles. The Kier molecular flexibility index (Phi) is 3.53. The average molecular weight is 271 g/mol. The molecule has 0 atom stereocenters. The first kappa shape index (κ1) is 12.4. The molecule has 2 rings (SSSR count). The highest BCUT2D eigenvalue weighted by Gasteiger charge is 2.11. The summed E-state index contributed by atoms with van der Waals surface area (Å²) < 4.78 is 23.6. The minimum atomic E-state index is -1.10. The summed E-state index contributed by atoms with van der Waals surface area (Å²) in [6.07, 6.45) is 1.09. The van der Waals surface area contributed by atoms with Crippen LogP contribution in [-0.2, 0) is 6.61 Å². The van der Waals surface area contributed by atoms with Gasteiger partial charge in [0.15, 0.2) is 11.6 Å². The number of carboxylic acids is 1. The van der Waals surface area contributed by atoms with Crippen molar-refractivity contribution < 1.29 is 23.4 Å². The van der Waals surface area contributed by atoms with Crippen molar-refractivity contribution in [3.05, 3.63) is 52.7 Å². The van der Waals surface area contributed by atoms with Crippen LogP contribution in [0.2, 0.25) is 5.02 Å². The summed E-state index contributed by atoms with van der Waals surface area (Å²) in [6.45, 7) is -0.0788. The van der Waals surface area contributed by atoms with Gasteiger partial charge < -0.3 is 14.3 Å². The van der Waals surface area contributed by atoms with E-state index in [9.17, 15) is 9.18 Å². The van der Waals surface area contributed by atoms with Gasteiger partial charge in [-0.3, -0.25) is 0 Å². The highest BCUT2D eigenvalue weighted by Crippen LogP contribution is 2.25. The molecule has 0 aliphatic rings. The molecule has 1 N–H and O–H groups in total. The van der Waals surface area contributed by atoms with Gasteiger partial charge in [0.2, 0.25) is 0 Å². The normalized spacial score (nSPS) is 10.3. The summed E-state index contributed by atoms with van der Waals surface area (Å²) in [5.74, 6) is -1.49. The average Bonchev–Trinajstić information content (AvgIpc) is 2.80. The molecule has 1 heterocycles. The second-order valence-electron chi connectivity index (χ2n) is 3.45. The number of hydrogen-bond donors (Lipinski definition) is 1. The van der Waals surface area contributed by atoms with Gasteiger partial charge in [0, 0.05) is 0 Å². The second-order valence-corrected chi connectivity index (χ2v) is 3.85. The lowest BCUT2D eigenvalue weighted by molar-refractivity contribution is 0.0696. The Hall–Kier alpha value is -2.01. The lowest BCUT2D eigenvalue weighted by Gasteiger charge is -2.05. The maximum absolute atomic E-state index is 13.5. The van der Waals surface area contributed by atoms with Gasteiger partial charge in [-0.15, -0.1) is 0 Å². The van der Waals surface area contributed by atoms with Gasteiger partial charge in [0.25, 0.3) is 0 Å². The fraction of sp³-hybridized carbons (Fsp3) is 0.0833. The topological polar surface area (TPSA) is 59.7 Å². The summed E-state index contributed by atoms with van der Waals surface area (Å²) in [4.78, 5) is 10.6. The standard InChI is InChI=1S/C12H8ClFO4/c13-9-2-1-3-10(11(9)14)18-6-8-4-7(5-17-8)12(15)16/h1-5H,6H2,(H,15,16). The molecule has 6 heteroatoms. The van der Waals surface area contributed by atoms with Gasteiger partial charge in [0.05, 0.1) is 10.6 Å². The summed E-state index contributed by atoms with van der Waals surface area (Å²) in [7, 11) is 0. The van der Waals surface area contributed by atoms with E-state index in [0.717, 1.165) is 6.26 Å². The monoisotopic (exact) mass is 270 g/mol. The zero-order valence-electron chi connectivity index (χ0n) is 9.02. The number of aromatic carboxylic acids is 1. The first-order chi connectivity index (χ1) is 8.58. The Morgan fingerprint density at radius 3 is 2.94 bits per heavy atom. The van der Waals surface area contributed by atoms with Crippen molar-refractivity contribution in [2.45, 2.75) is 6.61 Å². The van der Waals surface area contributed by atoms with E-state index in [-0.39, 0.29) is 28.7 Å². The summed E-state index contributed by atoms with van der Waals surface area (Å²) in [5.41, 5.74) is 0.0140. The Morgan fingerprint density at radius 1 is 1.50 bits per heavy atom. The van der Waals surface area contributed by atoms with Crippen molar-refractivity contribution in [2.24, 2.45) is 0 Å². The predicted molar refractivity (Wildman–Crippen MR) is 61.4 cm³/mol. The van der Waals surface area contributed by atoms with Crippen LogP contribution in [0, 0.1) is 5.82 Å². The van der Waals surface area contributed by atoms with Gasteiger partial charge >= 0.3 is 5.97 Å². The van der Waals surface area contributed by atoms with Crippen LogP contribution in [0.3, 0.4) is 0 Å². The Bertz CT molecular complexity index is 579. The van der Waals surface area contributed by atoms with Crippen LogP contribution in [0.25, 0.3) is 0 Å². The fourth-order valence-electron chi connectivity index (χ4n) is 1.31. The van der Waals surface area contributed by atoms with Crippen LogP contribution in [-0.4, -0.2) is 11.1 Å². The van der Waals surface area contributed by atoms with E-state index < -0.39 is 11.8 Å². The van der Waals surface area contributed by atoms with E-state index in [1.165, 1.54) is 18.2 Å². The molecule has 2 aromatic rings. The quantitative estimate of drug-likeness (QED) is 0.925. The third-order valence-electron chi connectivity index (χ3n) is 2.19. The van der Waals surface area contributed by atoms with Crippen LogP contribution in [0.5, 0.6) is 5.75 Å². The minimum absolute atomic E-state index is 0.0140. The number of ether oxygens (including phenoxy) is 1. The van der Waals surface area contributed by atoms with Crippen molar-refractivity contribution in [2.75, 3.05) is 0 Å². The van der Waals surface area contributed by atoms with Crippen molar-refractivity contribution in [3.63, 3.8) is 0 Å². The van der Waals surface area contributed by atoms with Gasteiger partial charge in [-0.2, -0.15) is 0 Å². The van der Waals surface area contributed by atoms with E-state index in [0.29, 0.717) is 0 Å². The number of furan rings is 1. The molecule has 0 aliphatic heterocycles. The molecule has 0 spiro atoms. The molecule has 0 saturated heterocycles. The highest BCUT2D eigenvalue weighted by molar-refractivity contribution is 6.30. The number of rotatable bonds is 4. The molecule has 0 amide bonds. The lowest BCUT2D eigenvalue weighted by atomic mass is 10.3.